The number of rotatable bonds is 4. The number of hydrogen-bond donors (Lipinski definition) is 1. The van der Waals surface area contributed by atoms with E-state index in [1.165, 1.54) is 0 Å². The van der Waals surface area contributed by atoms with Crippen LogP contribution in [-0.2, 0) is 6.61 Å². The molecule has 3 aromatic carbocycles. The highest BCUT2D eigenvalue weighted by Gasteiger charge is 2.41. The Bertz CT molecular complexity index is 1330. The van der Waals surface area contributed by atoms with E-state index in [1.54, 1.807) is 4.68 Å². The molecule has 1 N–H and O–H groups in total. The smallest absolute Gasteiger partial charge is 0.248 e. The third-order valence-electron chi connectivity index (χ3n) is 5.65. The molecule has 4 aromatic rings. The number of nitrogens with one attached hydrogen (secondary N) is 1. The molecule has 7 nitrogen and oxygen atoms in total. The number of aromatic nitrogens is 4. The van der Waals surface area contributed by atoms with Crippen molar-refractivity contribution >= 4 is 17.4 Å². The van der Waals surface area contributed by atoms with E-state index < -0.39 is 6.04 Å². The molecule has 0 amide bonds. The molecular weight excluding hydrogens is 390 g/mol. The van der Waals surface area contributed by atoms with Gasteiger partial charge in [0.15, 0.2) is 5.78 Å². The fraction of sp³-hybridized carbons (Fsp3) is 0.0833. The third-order valence-corrected chi connectivity index (χ3v) is 5.65. The van der Waals surface area contributed by atoms with Crippen LogP contribution in [0.5, 0.6) is 5.75 Å². The number of nitrogens with zero attached hydrogens (tertiary/aromatic N) is 4. The van der Waals surface area contributed by atoms with Gasteiger partial charge in [0.05, 0.1) is 11.3 Å². The van der Waals surface area contributed by atoms with Crippen molar-refractivity contribution in [2.24, 2.45) is 0 Å². The SMILES string of the molecule is O=C1C2=C(Nc3nnnn3C2c2ccc(OCc3ccccc3)cc2)c2ccccc21. The molecular formula is C24H17N5O2. The Hall–Kier alpha value is -4.26. The number of ketones is 1. The van der Waals surface area contributed by atoms with E-state index >= 15 is 0 Å². The largest absolute Gasteiger partial charge is 0.489 e. The van der Waals surface area contributed by atoms with Gasteiger partial charge in [-0.25, -0.2) is 0 Å². The van der Waals surface area contributed by atoms with Crippen molar-refractivity contribution in [1.29, 1.82) is 0 Å². The molecule has 150 valence electrons. The molecule has 2 heterocycles. The normalized spacial score (nSPS) is 16.4. The van der Waals surface area contributed by atoms with Crippen molar-refractivity contribution in [3.05, 3.63) is 107 Å². The van der Waals surface area contributed by atoms with Crippen LogP contribution in [0.3, 0.4) is 0 Å². The van der Waals surface area contributed by atoms with Gasteiger partial charge in [-0.1, -0.05) is 71.8 Å². The summed E-state index contributed by atoms with van der Waals surface area (Å²) in [5.41, 5.74) is 5.01. The minimum absolute atomic E-state index is 0.00588. The molecule has 6 rings (SSSR count). The number of fused-ring (bicyclic) bond motifs is 3. The molecule has 1 aliphatic heterocycles. The molecule has 1 aliphatic carbocycles. The van der Waals surface area contributed by atoms with Crippen molar-refractivity contribution in [2.75, 3.05) is 5.32 Å². The van der Waals surface area contributed by atoms with E-state index in [1.807, 2.05) is 78.9 Å². The number of Topliss-reactive ketones (excluding diaryl/α,β-unsaturated/α-hetero) is 1. The zero-order valence-electron chi connectivity index (χ0n) is 16.4. The summed E-state index contributed by atoms with van der Waals surface area (Å²) in [5, 5.41) is 15.3. The summed E-state index contributed by atoms with van der Waals surface area (Å²) in [4.78, 5) is 13.3. The fourth-order valence-corrected chi connectivity index (χ4v) is 4.18. The van der Waals surface area contributed by atoms with Gasteiger partial charge in [-0.05, 0) is 33.7 Å². The average Bonchev–Trinajstić information content (AvgIpc) is 3.41. The Morgan fingerprint density at radius 1 is 0.903 bits per heavy atom. The topological polar surface area (TPSA) is 81.9 Å². The summed E-state index contributed by atoms with van der Waals surface area (Å²) in [6.45, 7) is 0.494. The molecule has 0 fully saturated rings. The van der Waals surface area contributed by atoms with E-state index in [0.29, 0.717) is 23.7 Å². The number of tetrazole rings is 1. The van der Waals surface area contributed by atoms with Gasteiger partial charge in [-0.2, -0.15) is 4.68 Å². The number of benzene rings is 3. The molecule has 31 heavy (non-hydrogen) atoms. The van der Waals surface area contributed by atoms with E-state index in [2.05, 4.69) is 20.8 Å². The molecule has 0 saturated carbocycles. The highest BCUT2D eigenvalue weighted by atomic mass is 16.5. The second-order valence-corrected chi connectivity index (χ2v) is 7.48. The highest BCUT2D eigenvalue weighted by molar-refractivity contribution is 6.23. The van der Waals surface area contributed by atoms with Crippen molar-refractivity contribution in [3.63, 3.8) is 0 Å². The summed E-state index contributed by atoms with van der Waals surface area (Å²) in [6.07, 6.45) is 0. The third kappa shape index (κ3) is 2.82. The molecule has 2 aliphatic rings. The lowest BCUT2D eigenvalue weighted by Gasteiger charge is -2.25. The Morgan fingerprint density at radius 2 is 1.65 bits per heavy atom. The Labute approximate surface area is 178 Å². The zero-order chi connectivity index (χ0) is 20.8. The van der Waals surface area contributed by atoms with Gasteiger partial charge >= 0.3 is 0 Å². The number of carbonyl (C=O) groups is 1. The van der Waals surface area contributed by atoms with Crippen LogP contribution in [0.25, 0.3) is 5.70 Å². The number of ether oxygens (including phenoxy) is 1. The standard InChI is InChI=1S/C24H17N5O2/c30-23-19-9-5-4-8-18(19)21-20(23)22(29-24(25-21)26-27-28-29)16-10-12-17(13-11-16)31-14-15-6-2-1-3-7-15/h1-13,22H,14H2,(H,25,26,28). The monoisotopic (exact) mass is 407 g/mol. The fourth-order valence-electron chi connectivity index (χ4n) is 4.18. The zero-order valence-corrected chi connectivity index (χ0v) is 16.4. The summed E-state index contributed by atoms with van der Waals surface area (Å²) in [6, 6.07) is 25.0. The first kappa shape index (κ1) is 17.6. The molecule has 1 unspecified atom stereocenters. The lowest BCUT2D eigenvalue weighted by molar-refractivity contribution is 0.102. The van der Waals surface area contributed by atoms with Gasteiger partial charge in [0.2, 0.25) is 5.95 Å². The molecule has 1 atom stereocenters. The number of allylic oxidation sites excluding steroid dienone is 1. The summed E-state index contributed by atoms with van der Waals surface area (Å²) < 4.78 is 7.56. The Balaban J connectivity index is 1.35. The van der Waals surface area contributed by atoms with Crippen LogP contribution in [0.1, 0.15) is 33.1 Å². The van der Waals surface area contributed by atoms with Crippen LogP contribution in [-0.4, -0.2) is 26.0 Å². The average molecular weight is 407 g/mol. The van der Waals surface area contributed by atoms with Crippen LogP contribution < -0.4 is 10.1 Å². The predicted molar refractivity (Wildman–Crippen MR) is 114 cm³/mol. The van der Waals surface area contributed by atoms with E-state index in [4.69, 9.17) is 4.74 Å². The summed E-state index contributed by atoms with van der Waals surface area (Å²) >= 11 is 0. The van der Waals surface area contributed by atoms with Gasteiger partial charge in [0, 0.05) is 11.1 Å². The van der Waals surface area contributed by atoms with Gasteiger partial charge in [-0.15, -0.1) is 0 Å². The second kappa shape index (κ2) is 6.91. The van der Waals surface area contributed by atoms with Crippen LogP contribution in [0.4, 0.5) is 5.95 Å². The van der Waals surface area contributed by atoms with E-state index in [9.17, 15) is 4.79 Å². The maximum Gasteiger partial charge on any atom is 0.248 e. The van der Waals surface area contributed by atoms with Crippen LogP contribution >= 0.6 is 0 Å². The van der Waals surface area contributed by atoms with Crippen molar-refractivity contribution in [3.8, 4) is 5.75 Å². The number of anilines is 1. The lowest BCUT2D eigenvalue weighted by atomic mass is 9.94. The van der Waals surface area contributed by atoms with Crippen LogP contribution in [0, 0.1) is 0 Å². The summed E-state index contributed by atoms with van der Waals surface area (Å²) in [7, 11) is 0. The van der Waals surface area contributed by atoms with Crippen LogP contribution in [0.15, 0.2) is 84.4 Å². The van der Waals surface area contributed by atoms with E-state index in [-0.39, 0.29) is 5.78 Å². The molecule has 0 radical (unpaired) electrons. The quantitative estimate of drug-likeness (QED) is 0.553. The van der Waals surface area contributed by atoms with Gasteiger partial charge in [-0.3, -0.25) is 4.79 Å². The first-order valence-corrected chi connectivity index (χ1v) is 9.99. The van der Waals surface area contributed by atoms with Gasteiger partial charge < -0.3 is 10.1 Å². The maximum atomic E-state index is 13.3. The first-order valence-electron chi connectivity index (χ1n) is 9.99. The molecule has 1 aromatic heterocycles. The van der Waals surface area contributed by atoms with Crippen molar-refractivity contribution in [2.45, 2.75) is 12.6 Å². The minimum Gasteiger partial charge on any atom is -0.489 e. The lowest BCUT2D eigenvalue weighted by Crippen LogP contribution is -2.25. The molecule has 0 spiro atoms. The Morgan fingerprint density at radius 3 is 2.45 bits per heavy atom. The minimum atomic E-state index is -0.413. The number of hydrogen-bond acceptors (Lipinski definition) is 6. The van der Waals surface area contributed by atoms with E-state index in [0.717, 1.165) is 28.1 Å². The molecule has 7 heteroatoms. The molecule has 0 saturated heterocycles. The van der Waals surface area contributed by atoms with Crippen molar-refractivity contribution in [1.82, 2.24) is 20.2 Å². The van der Waals surface area contributed by atoms with Crippen LogP contribution in [0.2, 0.25) is 0 Å². The predicted octanol–water partition coefficient (Wildman–Crippen LogP) is 3.87. The number of carbonyl (C=O) groups excluding carboxylic acids is 1. The summed E-state index contributed by atoms with van der Waals surface area (Å²) in [5.74, 6) is 1.26. The Kier molecular flexibility index (Phi) is 3.92. The molecule has 0 bridgehead atoms. The highest BCUT2D eigenvalue weighted by Crippen LogP contribution is 2.44. The second-order valence-electron chi connectivity index (χ2n) is 7.48. The van der Waals surface area contributed by atoms with Gasteiger partial charge in [0.1, 0.15) is 18.4 Å². The van der Waals surface area contributed by atoms with Crippen molar-refractivity contribution < 1.29 is 9.53 Å². The maximum absolute atomic E-state index is 13.3. The van der Waals surface area contributed by atoms with Gasteiger partial charge in [0.25, 0.3) is 0 Å². The first-order chi connectivity index (χ1) is 15.3.